The SMILES string of the molecule is CN1CCNCC1c1noc(-c2c(F)ccc(S(=O)(=O)NC3CC3)c2F)n1. The number of nitrogens with one attached hydrogen (secondary N) is 2. The number of hydrogen-bond acceptors (Lipinski definition) is 7. The first-order chi connectivity index (χ1) is 12.9. The summed E-state index contributed by atoms with van der Waals surface area (Å²) >= 11 is 0. The third kappa shape index (κ3) is 3.59. The Morgan fingerprint density at radius 1 is 1.33 bits per heavy atom. The molecule has 2 aliphatic rings. The van der Waals surface area contributed by atoms with Crippen LogP contribution in [0.2, 0.25) is 0 Å². The topological polar surface area (TPSA) is 100 Å². The molecule has 0 bridgehead atoms. The summed E-state index contributed by atoms with van der Waals surface area (Å²) in [4.78, 5) is 5.48. The van der Waals surface area contributed by atoms with Gasteiger partial charge in [-0.15, -0.1) is 0 Å². The van der Waals surface area contributed by atoms with E-state index in [2.05, 4.69) is 20.2 Å². The van der Waals surface area contributed by atoms with E-state index in [0.29, 0.717) is 19.4 Å². The molecule has 1 saturated carbocycles. The second-order valence-corrected chi connectivity index (χ2v) is 8.47. The third-order valence-electron chi connectivity index (χ3n) is 4.71. The van der Waals surface area contributed by atoms with E-state index in [1.165, 1.54) is 0 Å². The molecule has 2 fully saturated rings. The normalized spacial score (nSPS) is 21.5. The molecule has 1 aromatic carbocycles. The first kappa shape index (κ1) is 18.4. The Morgan fingerprint density at radius 3 is 2.81 bits per heavy atom. The lowest BCUT2D eigenvalue weighted by atomic mass is 10.2. The summed E-state index contributed by atoms with van der Waals surface area (Å²) < 4.78 is 61.3. The molecule has 2 aromatic rings. The molecule has 2 N–H and O–H groups in total. The fourth-order valence-electron chi connectivity index (χ4n) is 2.99. The van der Waals surface area contributed by atoms with Crippen LogP contribution >= 0.6 is 0 Å². The maximum absolute atomic E-state index is 14.9. The van der Waals surface area contributed by atoms with Crippen LogP contribution in [0.1, 0.15) is 24.7 Å². The van der Waals surface area contributed by atoms with Crippen LogP contribution in [0.25, 0.3) is 11.5 Å². The molecule has 1 atom stereocenters. The maximum atomic E-state index is 14.9. The highest BCUT2D eigenvalue weighted by Crippen LogP contribution is 2.31. The van der Waals surface area contributed by atoms with Crippen molar-refractivity contribution in [2.45, 2.75) is 29.8 Å². The predicted octanol–water partition coefficient (Wildman–Crippen LogP) is 1.03. The van der Waals surface area contributed by atoms with Gasteiger partial charge in [0.25, 0.3) is 5.89 Å². The number of piperazine rings is 1. The van der Waals surface area contributed by atoms with E-state index < -0.39 is 32.1 Å². The highest BCUT2D eigenvalue weighted by atomic mass is 32.2. The largest absolute Gasteiger partial charge is 0.334 e. The summed E-state index contributed by atoms with van der Waals surface area (Å²) in [5, 5.41) is 7.02. The predicted molar refractivity (Wildman–Crippen MR) is 91.2 cm³/mol. The molecule has 1 saturated heterocycles. The summed E-state index contributed by atoms with van der Waals surface area (Å²) in [5.74, 6) is -2.32. The number of hydrogen-bond donors (Lipinski definition) is 2. The van der Waals surface area contributed by atoms with Crippen LogP contribution in [-0.2, 0) is 10.0 Å². The molecule has 1 aromatic heterocycles. The van der Waals surface area contributed by atoms with Crippen molar-refractivity contribution < 1.29 is 21.7 Å². The Kier molecular flexibility index (Phi) is 4.70. The van der Waals surface area contributed by atoms with Gasteiger partial charge in [0.2, 0.25) is 10.0 Å². The van der Waals surface area contributed by atoms with Crippen molar-refractivity contribution in [3.05, 3.63) is 29.6 Å². The molecule has 1 aliphatic heterocycles. The van der Waals surface area contributed by atoms with Crippen LogP contribution in [0.5, 0.6) is 0 Å². The number of halogens is 2. The minimum absolute atomic E-state index is 0.202. The van der Waals surface area contributed by atoms with Crippen molar-refractivity contribution in [3.63, 3.8) is 0 Å². The molecule has 0 radical (unpaired) electrons. The van der Waals surface area contributed by atoms with Gasteiger partial charge in [-0.3, -0.25) is 4.90 Å². The highest BCUT2D eigenvalue weighted by molar-refractivity contribution is 7.89. The zero-order valence-corrected chi connectivity index (χ0v) is 15.4. The first-order valence-electron chi connectivity index (χ1n) is 8.62. The summed E-state index contributed by atoms with van der Waals surface area (Å²) in [6.07, 6.45) is 1.40. The molecule has 11 heteroatoms. The Balaban J connectivity index is 1.70. The van der Waals surface area contributed by atoms with Crippen LogP contribution in [-0.4, -0.2) is 56.2 Å². The first-order valence-corrected chi connectivity index (χ1v) is 10.1. The average molecular weight is 399 g/mol. The molecule has 1 unspecified atom stereocenters. The van der Waals surface area contributed by atoms with Crippen molar-refractivity contribution in [1.29, 1.82) is 0 Å². The smallest absolute Gasteiger partial charge is 0.264 e. The quantitative estimate of drug-likeness (QED) is 0.775. The van der Waals surface area contributed by atoms with Gasteiger partial charge in [0.15, 0.2) is 11.6 Å². The van der Waals surface area contributed by atoms with Gasteiger partial charge in [-0.2, -0.15) is 4.98 Å². The number of nitrogens with zero attached hydrogens (tertiary/aromatic N) is 3. The number of aromatic nitrogens is 2. The van der Waals surface area contributed by atoms with E-state index in [-0.39, 0.29) is 23.8 Å². The van der Waals surface area contributed by atoms with E-state index in [1.54, 1.807) is 0 Å². The number of likely N-dealkylation sites (N-methyl/N-ethyl adjacent to an activating group) is 1. The van der Waals surface area contributed by atoms with Crippen molar-refractivity contribution in [1.82, 2.24) is 25.1 Å². The van der Waals surface area contributed by atoms with Crippen LogP contribution in [0, 0.1) is 11.6 Å². The fourth-order valence-corrected chi connectivity index (χ4v) is 4.37. The average Bonchev–Trinajstić information content (AvgIpc) is 3.28. The second kappa shape index (κ2) is 6.89. The summed E-state index contributed by atoms with van der Waals surface area (Å²) in [5.41, 5.74) is -0.640. The van der Waals surface area contributed by atoms with Gasteiger partial charge in [0, 0.05) is 25.7 Å². The van der Waals surface area contributed by atoms with Gasteiger partial charge < -0.3 is 9.84 Å². The fraction of sp³-hybridized carbons (Fsp3) is 0.500. The molecule has 8 nitrogen and oxygen atoms in total. The molecule has 27 heavy (non-hydrogen) atoms. The lowest BCUT2D eigenvalue weighted by molar-refractivity contribution is 0.190. The zero-order valence-electron chi connectivity index (χ0n) is 14.6. The van der Waals surface area contributed by atoms with Crippen molar-refractivity contribution in [2.24, 2.45) is 0 Å². The Bertz CT molecular complexity index is 961. The minimum Gasteiger partial charge on any atom is -0.334 e. The van der Waals surface area contributed by atoms with Gasteiger partial charge >= 0.3 is 0 Å². The molecular formula is C16H19F2N5O3S. The molecule has 146 valence electrons. The van der Waals surface area contributed by atoms with Gasteiger partial charge in [0.1, 0.15) is 16.3 Å². The van der Waals surface area contributed by atoms with Crippen molar-refractivity contribution >= 4 is 10.0 Å². The van der Waals surface area contributed by atoms with E-state index >= 15 is 0 Å². The lowest BCUT2D eigenvalue weighted by Crippen LogP contribution is -2.44. The Morgan fingerprint density at radius 2 is 2.11 bits per heavy atom. The highest BCUT2D eigenvalue weighted by Gasteiger charge is 2.33. The van der Waals surface area contributed by atoms with E-state index in [0.717, 1.165) is 25.2 Å². The van der Waals surface area contributed by atoms with Crippen molar-refractivity contribution in [3.8, 4) is 11.5 Å². The van der Waals surface area contributed by atoms with E-state index in [9.17, 15) is 17.2 Å². The van der Waals surface area contributed by atoms with E-state index in [1.807, 2.05) is 11.9 Å². The van der Waals surface area contributed by atoms with Gasteiger partial charge in [-0.1, -0.05) is 5.16 Å². The maximum Gasteiger partial charge on any atom is 0.264 e. The summed E-state index contributed by atoms with van der Waals surface area (Å²) in [7, 11) is -2.21. The standard InChI is InChI=1S/C16H19F2N5O3S/c1-23-7-6-19-8-11(23)15-20-16(26-21-15)13-10(17)4-5-12(14(13)18)27(24,25)22-9-2-3-9/h4-5,9,11,19,22H,2-3,6-8H2,1H3. The summed E-state index contributed by atoms with van der Waals surface area (Å²) in [6.45, 7) is 2.15. The second-order valence-electron chi connectivity index (χ2n) is 6.79. The zero-order chi connectivity index (χ0) is 19.2. The molecule has 0 spiro atoms. The van der Waals surface area contributed by atoms with Crippen LogP contribution in [0.4, 0.5) is 8.78 Å². The van der Waals surface area contributed by atoms with E-state index in [4.69, 9.17) is 4.52 Å². The summed E-state index contributed by atoms with van der Waals surface area (Å²) in [6, 6.07) is 1.38. The van der Waals surface area contributed by atoms with Crippen molar-refractivity contribution in [2.75, 3.05) is 26.7 Å². The lowest BCUT2D eigenvalue weighted by Gasteiger charge is -2.30. The Hall–Kier alpha value is -1.95. The molecule has 1 aliphatic carbocycles. The number of sulfonamides is 1. The van der Waals surface area contributed by atoms with Gasteiger partial charge in [0.05, 0.1) is 6.04 Å². The van der Waals surface area contributed by atoms with Crippen LogP contribution < -0.4 is 10.0 Å². The molecule has 0 amide bonds. The van der Waals surface area contributed by atoms with Gasteiger partial charge in [-0.05, 0) is 32.0 Å². The molecular weight excluding hydrogens is 380 g/mol. The minimum atomic E-state index is -4.10. The monoisotopic (exact) mass is 399 g/mol. The number of benzene rings is 1. The molecule has 4 rings (SSSR count). The van der Waals surface area contributed by atoms with Gasteiger partial charge in [-0.25, -0.2) is 21.9 Å². The molecule has 2 heterocycles. The third-order valence-corrected chi connectivity index (χ3v) is 6.25. The van der Waals surface area contributed by atoms with Crippen LogP contribution in [0.15, 0.2) is 21.6 Å². The number of rotatable bonds is 5. The Labute approximate surface area is 155 Å². The van der Waals surface area contributed by atoms with Crippen LogP contribution in [0.3, 0.4) is 0 Å².